The van der Waals surface area contributed by atoms with Crippen LogP contribution in [0.25, 0.3) is 27.9 Å². The fourth-order valence-electron chi connectivity index (χ4n) is 2.82. The molecule has 7 heteroatoms. The molecular weight excluding hydrogens is 292 g/mol. The number of rotatable bonds is 2. The molecule has 0 atom stereocenters. The minimum absolute atomic E-state index is 0.149. The van der Waals surface area contributed by atoms with Crippen LogP contribution in [0.5, 0.6) is 0 Å². The van der Waals surface area contributed by atoms with Gasteiger partial charge in [-0.25, -0.2) is 4.98 Å². The first-order valence-electron chi connectivity index (χ1n) is 7.49. The molecule has 23 heavy (non-hydrogen) atoms. The summed E-state index contributed by atoms with van der Waals surface area (Å²) < 4.78 is 3.23. The molecular formula is C16H12N6O. The van der Waals surface area contributed by atoms with E-state index in [1.165, 1.54) is 0 Å². The van der Waals surface area contributed by atoms with Gasteiger partial charge >= 0.3 is 0 Å². The maximum Gasteiger partial charge on any atom is 0.283 e. The second-order valence-corrected chi connectivity index (χ2v) is 5.72. The normalized spacial score (nSPS) is 14.6. The van der Waals surface area contributed by atoms with Crippen molar-refractivity contribution >= 4 is 16.8 Å². The van der Waals surface area contributed by atoms with Crippen LogP contribution in [0.4, 0.5) is 0 Å². The van der Waals surface area contributed by atoms with Gasteiger partial charge in [0.1, 0.15) is 6.33 Å². The van der Waals surface area contributed by atoms with E-state index in [0.29, 0.717) is 11.3 Å². The van der Waals surface area contributed by atoms with E-state index in [0.717, 1.165) is 24.0 Å². The number of nitrogens with zero attached hydrogens (tertiary/aromatic N) is 6. The maximum atomic E-state index is 12.5. The Morgan fingerprint density at radius 1 is 1.04 bits per heavy atom. The van der Waals surface area contributed by atoms with E-state index < -0.39 is 0 Å². The molecule has 3 aromatic heterocycles. The van der Waals surface area contributed by atoms with Gasteiger partial charge in [0.2, 0.25) is 0 Å². The second kappa shape index (κ2) is 4.45. The zero-order chi connectivity index (χ0) is 15.4. The molecule has 4 aromatic rings. The number of aromatic nitrogens is 6. The molecule has 1 fully saturated rings. The van der Waals surface area contributed by atoms with Crippen molar-refractivity contribution in [2.45, 2.75) is 18.9 Å². The summed E-state index contributed by atoms with van der Waals surface area (Å²) in [5, 5.41) is 12.7. The first kappa shape index (κ1) is 12.5. The van der Waals surface area contributed by atoms with Crippen LogP contribution in [0.15, 0.2) is 47.7 Å². The van der Waals surface area contributed by atoms with Crippen LogP contribution >= 0.6 is 0 Å². The summed E-state index contributed by atoms with van der Waals surface area (Å²) in [6.07, 6.45) is 5.35. The number of benzene rings is 1. The van der Waals surface area contributed by atoms with E-state index in [4.69, 9.17) is 0 Å². The first-order chi connectivity index (χ1) is 11.3. The SMILES string of the molecule is O=c1c2nnc3c(-c4ccccc4)cnn3c2ncn1C1CC1. The fourth-order valence-corrected chi connectivity index (χ4v) is 2.82. The number of hydrogen-bond donors (Lipinski definition) is 0. The minimum Gasteiger partial charge on any atom is -0.294 e. The summed E-state index contributed by atoms with van der Waals surface area (Å²) in [7, 11) is 0. The van der Waals surface area contributed by atoms with Crippen LogP contribution in [0.1, 0.15) is 18.9 Å². The van der Waals surface area contributed by atoms with E-state index in [1.54, 1.807) is 21.6 Å². The molecule has 1 aliphatic rings. The topological polar surface area (TPSA) is 78.0 Å². The van der Waals surface area contributed by atoms with Crippen molar-refractivity contribution in [1.82, 2.24) is 29.4 Å². The molecule has 0 unspecified atom stereocenters. The van der Waals surface area contributed by atoms with Crippen molar-refractivity contribution in [1.29, 1.82) is 0 Å². The Morgan fingerprint density at radius 2 is 1.87 bits per heavy atom. The molecule has 7 nitrogen and oxygen atoms in total. The molecule has 112 valence electrons. The molecule has 3 heterocycles. The number of fused-ring (bicyclic) bond motifs is 3. The highest BCUT2D eigenvalue weighted by molar-refractivity contribution is 5.80. The lowest BCUT2D eigenvalue weighted by molar-refractivity contribution is 0.690. The van der Waals surface area contributed by atoms with E-state index in [2.05, 4.69) is 20.3 Å². The van der Waals surface area contributed by atoms with Crippen LogP contribution in [0, 0.1) is 0 Å². The van der Waals surface area contributed by atoms with Crippen molar-refractivity contribution < 1.29 is 0 Å². The molecule has 1 aromatic carbocycles. The Hall–Kier alpha value is -3.09. The molecule has 0 bridgehead atoms. The molecule has 1 saturated carbocycles. The lowest BCUT2D eigenvalue weighted by Crippen LogP contribution is -2.22. The van der Waals surface area contributed by atoms with E-state index in [-0.39, 0.29) is 17.1 Å². The standard InChI is InChI=1S/C16H12N6O/c23-16-13-15(17-9-21(16)11-6-7-11)22-14(20-19-13)12(8-18-22)10-4-2-1-3-5-10/h1-5,8-9,11H,6-7H2. The Labute approximate surface area is 130 Å². The predicted octanol–water partition coefficient (Wildman–Crippen LogP) is 1.84. The van der Waals surface area contributed by atoms with Crippen LogP contribution in [0.2, 0.25) is 0 Å². The van der Waals surface area contributed by atoms with E-state index >= 15 is 0 Å². The average Bonchev–Trinajstić information content (AvgIpc) is 3.34. The summed E-state index contributed by atoms with van der Waals surface area (Å²) in [5.74, 6) is 0. The van der Waals surface area contributed by atoms with Crippen molar-refractivity contribution in [3.05, 3.63) is 53.2 Å². The Kier molecular flexibility index (Phi) is 2.41. The van der Waals surface area contributed by atoms with Gasteiger partial charge in [-0.1, -0.05) is 30.3 Å². The van der Waals surface area contributed by atoms with Gasteiger partial charge in [-0.15, -0.1) is 10.2 Å². The smallest absolute Gasteiger partial charge is 0.283 e. The quantitative estimate of drug-likeness (QED) is 0.564. The lowest BCUT2D eigenvalue weighted by Gasteiger charge is -2.04. The van der Waals surface area contributed by atoms with Gasteiger partial charge < -0.3 is 0 Å². The summed E-state index contributed by atoms with van der Waals surface area (Å²) >= 11 is 0. The van der Waals surface area contributed by atoms with Crippen molar-refractivity contribution in [3.63, 3.8) is 0 Å². The summed E-state index contributed by atoms with van der Waals surface area (Å²) in [4.78, 5) is 16.9. The Morgan fingerprint density at radius 3 is 2.65 bits per heavy atom. The van der Waals surface area contributed by atoms with Gasteiger partial charge in [-0.3, -0.25) is 9.36 Å². The first-order valence-corrected chi connectivity index (χ1v) is 7.49. The highest BCUT2D eigenvalue weighted by atomic mass is 16.1. The molecule has 0 amide bonds. The molecule has 0 N–H and O–H groups in total. The monoisotopic (exact) mass is 304 g/mol. The molecule has 0 aliphatic heterocycles. The van der Waals surface area contributed by atoms with Crippen molar-refractivity contribution in [2.24, 2.45) is 0 Å². The summed E-state index contributed by atoms with van der Waals surface area (Å²) in [5.41, 5.74) is 3.02. The Bertz CT molecular complexity index is 1090. The molecule has 0 saturated heterocycles. The molecule has 0 radical (unpaired) electrons. The second-order valence-electron chi connectivity index (χ2n) is 5.72. The highest BCUT2D eigenvalue weighted by Crippen LogP contribution is 2.33. The van der Waals surface area contributed by atoms with Gasteiger partial charge in [0.05, 0.1) is 6.20 Å². The fraction of sp³-hybridized carbons (Fsp3) is 0.188. The Balaban J connectivity index is 1.80. The third-order valence-corrected chi connectivity index (χ3v) is 4.17. The van der Waals surface area contributed by atoms with Gasteiger partial charge in [0, 0.05) is 11.6 Å². The summed E-state index contributed by atoms with van der Waals surface area (Å²) in [6.45, 7) is 0. The van der Waals surface area contributed by atoms with Crippen molar-refractivity contribution in [3.8, 4) is 11.1 Å². The largest absolute Gasteiger partial charge is 0.294 e. The zero-order valence-corrected chi connectivity index (χ0v) is 12.1. The van der Waals surface area contributed by atoms with Crippen LogP contribution in [0.3, 0.4) is 0 Å². The summed E-state index contributed by atoms with van der Waals surface area (Å²) in [6, 6.07) is 10.1. The van der Waals surface area contributed by atoms with Crippen LogP contribution in [-0.2, 0) is 0 Å². The van der Waals surface area contributed by atoms with E-state index in [1.807, 2.05) is 30.3 Å². The third kappa shape index (κ3) is 1.79. The van der Waals surface area contributed by atoms with Gasteiger partial charge in [-0.2, -0.15) is 9.61 Å². The highest BCUT2D eigenvalue weighted by Gasteiger charge is 2.26. The molecule has 5 rings (SSSR count). The predicted molar refractivity (Wildman–Crippen MR) is 84.1 cm³/mol. The van der Waals surface area contributed by atoms with Crippen molar-refractivity contribution in [2.75, 3.05) is 0 Å². The zero-order valence-electron chi connectivity index (χ0n) is 12.1. The van der Waals surface area contributed by atoms with Crippen LogP contribution < -0.4 is 5.56 Å². The molecule has 1 aliphatic carbocycles. The van der Waals surface area contributed by atoms with Crippen LogP contribution in [-0.4, -0.2) is 29.4 Å². The number of hydrogen-bond acceptors (Lipinski definition) is 5. The lowest BCUT2D eigenvalue weighted by atomic mass is 10.1. The molecule has 0 spiro atoms. The minimum atomic E-state index is -0.149. The average molecular weight is 304 g/mol. The third-order valence-electron chi connectivity index (χ3n) is 4.17. The van der Waals surface area contributed by atoms with E-state index in [9.17, 15) is 4.79 Å². The van der Waals surface area contributed by atoms with Gasteiger partial charge in [0.15, 0.2) is 16.8 Å². The maximum absolute atomic E-state index is 12.5. The van der Waals surface area contributed by atoms with Gasteiger partial charge in [-0.05, 0) is 18.4 Å². The van der Waals surface area contributed by atoms with Gasteiger partial charge in [0.25, 0.3) is 5.56 Å².